The molecule has 2 fully saturated rings. The van der Waals surface area contributed by atoms with Crippen molar-refractivity contribution in [3.8, 4) is 0 Å². The topological polar surface area (TPSA) is 29.3 Å². The van der Waals surface area contributed by atoms with Gasteiger partial charge in [-0.3, -0.25) is 4.90 Å². The van der Waals surface area contributed by atoms with Crippen LogP contribution in [0.5, 0.6) is 0 Å². The third kappa shape index (κ3) is 1.58. The Kier molecular flexibility index (Phi) is 2.08. The van der Waals surface area contributed by atoms with Gasteiger partial charge in [-0.15, -0.1) is 0 Å². The maximum Gasteiger partial charge on any atom is 0.0234 e. The van der Waals surface area contributed by atoms with Crippen LogP contribution in [0.1, 0.15) is 12.0 Å². The maximum absolute atomic E-state index is 5.84. The summed E-state index contributed by atoms with van der Waals surface area (Å²) in [6.07, 6.45) is 1.37. The molecule has 0 radical (unpaired) electrons. The predicted octanol–water partition coefficient (Wildman–Crippen LogP) is 1.47. The summed E-state index contributed by atoms with van der Waals surface area (Å²) in [5.74, 6) is 0.895. The number of rotatable bonds is 3. The summed E-state index contributed by atoms with van der Waals surface area (Å²) in [5, 5.41) is 0. The average molecular weight is 202 g/mol. The van der Waals surface area contributed by atoms with Crippen LogP contribution in [0.15, 0.2) is 30.3 Å². The van der Waals surface area contributed by atoms with Crippen LogP contribution in [0.2, 0.25) is 0 Å². The van der Waals surface area contributed by atoms with Crippen LogP contribution in [0.4, 0.5) is 0 Å². The highest BCUT2D eigenvalue weighted by atomic mass is 15.2. The molecule has 1 aromatic carbocycles. The predicted molar refractivity (Wildman–Crippen MR) is 61.3 cm³/mol. The van der Waals surface area contributed by atoms with Gasteiger partial charge in [-0.05, 0) is 29.9 Å². The molecule has 1 saturated carbocycles. The Balaban J connectivity index is 1.63. The van der Waals surface area contributed by atoms with Crippen molar-refractivity contribution in [1.82, 2.24) is 4.90 Å². The first-order valence-electron chi connectivity index (χ1n) is 5.79. The fraction of sp³-hybridized carbons (Fsp3) is 0.538. The van der Waals surface area contributed by atoms with E-state index < -0.39 is 0 Å². The number of hydrogen-bond donors (Lipinski definition) is 1. The number of piperidine rings is 1. The molecule has 2 nitrogen and oxygen atoms in total. The average Bonchev–Trinajstić information content (AvgIpc) is 2.84. The first kappa shape index (κ1) is 9.37. The molecule has 2 N–H and O–H groups in total. The highest BCUT2D eigenvalue weighted by molar-refractivity contribution is 5.17. The molecule has 1 aromatic rings. The Morgan fingerprint density at radius 1 is 1.33 bits per heavy atom. The first-order valence-corrected chi connectivity index (χ1v) is 5.79. The minimum absolute atomic E-state index is 0.509. The Bertz CT molecular complexity index is 345. The summed E-state index contributed by atoms with van der Waals surface area (Å²) < 4.78 is 0. The van der Waals surface area contributed by atoms with Gasteiger partial charge in [0.2, 0.25) is 0 Å². The van der Waals surface area contributed by atoms with E-state index in [2.05, 4.69) is 35.2 Å². The highest BCUT2D eigenvalue weighted by Gasteiger charge is 2.58. The SMILES string of the molecule is NC[C@@]12C[C@@H]1CN(Cc1ccccc1)C2. The van der Waals surface area contributed by atoms with E-state index in [0.29, 0.717) is 5.41 Å². The lowest BCUT2D eigenvalue weighted by molar-refractivity contribution is 0.274. The zero-order valence-corrected chi connectivity index (χ0v) is 9.02. The van der Waals surface area contributed by atoms with Gasteiger partial charge in [0.15, 0.2) is 0 Å². The number of nitrogens with two attached hydrogens (primary N) is 1. The van der Waals surface area contributed by atoms with Crippen LogP contribution in [-0.2, 0) is 6.54 Å². The van der Waals surface area contributed by atoms with Crippen molar-refractivity contribution in [2.24, 2.45) is 17.1 Å². The third-order valence-electron chi connectivity index (χ3n) is 4.03. The second kappa shape index (κ2) is 3.32. The molecule has 2 atom stereocenters. The number of likely N-dealkylation sites (tertiary alicyclic amines) is 1. The molecule has 0 bridgehead atoms. The van der Waals surface area contributed by atoms with E-state index in [-0.39, 0.29) is 0 Å². The second-order valence-corrected chi connectivity index (χ2v) is 5.12. The zero-order chi connectivity index (χ0) is 10.3. The van der Waals surface area contributed by atoms with Gasteiger partial charge in [-0.2, -0.15) is 0 Å². The van der Waals surface area contributed by atoms with Gasteiger partial charge in [0.25, 0.3) is 0 Å². The van der Waals surface area contributed by atoms with Crippen LogP contribution in [-0.4, -0.2) is 24.5 Å². The molecule has 1 heterocycles. The molecule has 0 unspecified atom stereocenters. The Labute approximate surface area is 91.1 Å². The van der Waals surface area contributed by atoms with E-state index in [0.717, 1.165) is 19.0 Å². The van der Waals surface area contributed by atoms with Gasteiger partial charge in [-0.25, -0.2) is 0 Å². The van der Waals surface area contributed by atoms with Crippen LogP contribution in [0.3, 0.4) is 0 Å². The van der Waals surface area contributed by atoms with Gasteiger partial charge in [-0.1, -0.05) is 30.3 Å². The van der Waals surface area contributed by atoms with Gasteiger partial charge in [0.05, 0.1) is 0 Å². The van der Waals surface area contributed by atoms with Crippen LogP contribution in [0, 0.1) is 11.3 Å². The first-order chi connectivity index (χ1) is 7.32. The summed E-state index contributed by atoms with van der Waals surface area (Å²) in [7, 11) is 0. The smallest absolute Gasteiger partial charge is 0.0234 e. The number of nitrogens with zero attached hydrogens (tertiary/aromatic N) is 1. The minimum Gasteiger partial charge on any atom is -0.330 e. The van der Waals surface area contributed by atoms with E-state index in [4.69, 9.17) is 5.73 Å². The summed E-state index contributed by atoms with van der Waals surface area (Å²) in [5.41, 5.74) is 7.77. The van der Waals surface area contributed by atoms with E-state index in [1.807, 2.05) is 0 Å². The monoisotopic (exact) mass is 202 g/mol. The van der Waals surface area contributed by atoms with Crippen LogP contribution in [0.25, 0.3) is 0 Å². The van der Waals surface area contributed by atoms with Gasteiger partial charge < -0.3 is 5.73 Å². The Hall–Kier alpha value is -0.860. The van der Waals surface area contributed by atoms with E-state index in [9.17, 15) is 0 Å². The molecular formula is C13H18N2. The summed E-state index contributed by atoms with van der Waals surface area (Å²) in [6.45, 7) is 4.44. The normalized spacial score (nSPS) is 34.1. The Morgan fingerprint density at radius 2 is 2.13 bits per heavy atom. The summed E-state index contributed by atoms with van der Waals surface area (Å²) in [4.78, 5) is 2.55. The molecule has 3 rings (SSSR count). The molecule has 2 aliphatic rings. The molecule has 0 amide bonds. The molecule has 80 valence electrons. The number of benzene rings is 1. The lowest BCUT2D eigenvalue weighted by atomic mass is 10.1. The lowest BCUT2D eigenvalue weighted by Gasteiger charge is -2.19. The van der Waals surface area contributed by atoms with Crippen LogP contribution < -0.4 is 5.73 Å². The second-order valence-electron chi connectivity index (χ2n) is 5.12. The molecule has 2 heteroatoms. The van der Waals surface area contributed by atoms with Gasteiger partial charge >= 0.3 is 0 Å². The lowest BCUT2D eigenvalue weighted by Crippen LogP contribution is -2.27. The van der Waals surface area contributed by atoms with Crippen molar-refractivity contribution in [1.29, 1.82) is 0 Å². The third-order valence-corrected chi connectivity index (χ3v) is 4.03. The maximum atomic E-state index is 5.84. The fourth-order valence-electron chi connectivity index (χ4n) is 2.98. The highest BCUT2D eigenvalue weighted by Crippen LogP contribution is 2.57. The van der Waals surface area contributed by atoms with Crippen molar-refractivity contribution < 1.29 is 0 Å². The number of fused-ring (bicyclic) bond motifs is 1. The van der Waals surface area contributed by atoms with Gasteiger partial charge in [0.1, 0.15) is 0 Å². The summed E-state index contributed by atoms with van der Waals surface area (Å²) >= 11 is 0. The molecule has 1 aliphatic heterocycles. The van der Waals surface area contributed by atoms with Crippen LogP contribution >= 0.6 is 0 Å². The van der Waals surface area contributed by atoms with E-state index >= 15 is 0 Å². The van der Waals surface area contributed by atoms with E-state index in [1.165, 1.54) is 25.1 Å². The zero-order valence-electron chi connectivity index (χ0n) is 9.02. The molecular weight excluding hydrogens is 184 g/mol. The summed E-state index contributed by atoms with van der Waals surface area (Å²) in [6, 6.07) is 10.7. The largest absolute Gasteiger partial charge is 0.330 e. The van der Waals surface area contributed by atoms with Crippen molar-refractivity contribution in [2.75, 3.05) is 19.6 Å². The van der Waals surface area contributed by atoms with Crippen molar-refractivity contribution in [3.63, 3.8) is 0 Å². The Morgan fingerprint density at radius 3 is 2.80 bits per heavy atom. The molecule has 15 heavy (non-hydrogen) atoms. The van der Waals surface area contributed by atoms with E-state index in [1.54, 1.807) is 0 Å². The molecule has 1 aliphatic carbocycles. The van der Waals surface area contributed by atoms with Crippen molar-refractivity contribution in [2.45, 2.75) is 13.0 Å². The fourth-order valence-corrected chi connectivity index (χ4v) is 2.98. The standard InChI is InChI=1S/C13H18N2/c14-9-13-6-12(13)8-15(10-13)7-11-4-2-1-3-5-11/h1-5,12H,6-10,14H2/t12-,13-/m1/s1. The number of hydrogen-bond acceptors (Lipinski definition) is 2. The van der Waals surface area contributed by atoms with Gasteiger partial charge in [0, 0.05) is 19.6 Å². The van der Waals surface area contributed by atoms with Crippen molar-refractivity contribution >= 4 is 0 Å². The quantitative estimate of drug-likeness (QED) is 0.804. The molecule has 0 aromatic heterocycles. The molecule has 0 spiro atoms. The molecule has 1 saturated heterocycles. The van der Waals surface area contributed by atoms with Crippen molar-refractivity contribution in [3.05, 3.63) is 35.9 Å². The minimum atomic E-state index is 0.509.